The molecule has 0 aliphatic rings. The van der Waals surface area contributed by atoms with Crippen molar-refractivity contribution in [2.24, 2.45) is 20.5 Å². The Morgan fingerprint density at radius 3 is 1.13 bits per heavy atom. The topological polar surface area (TPSA) is 150 Å². The van der Waals surface area contributed by atoms with Crippen LogP contribution in [0.1, 0.15) is 68.2 Å². The Labute approximate surface area is 179 Å². The van der Waals surface area contributed by atoms with Gasteiger partial charge in [-0.2, -0.15) is 31.0 Å². The SMILES string of the molecule is CCC(C)(C#N)N=NC(C)(C#N)CC.COC(=O)C(C)(C)N=NC(C)(C)C(=O)OC. The minimum absolute atomic E-state index is 0.517. The number of hydrogen-bond acceptors (Lipinski definition) is 10. The first-order valence-corrected chi connectivity index (χ1v) is 9.50. The Hall–Kier alpha value is -2.88. The Bertz CT molecular complexity index is 673. The van der Waals surface area contributed by atoms with Gasteiger partial charge in [0.25, 0.3) is 0 Å². The van der Waals surface area contributed by atoms with E-state index in [0.29, 0.717) is 12.8 Å². The fraction of sp³-hybridized carbons (Fsp3) is 0.800. The fourth-order valence-corrected chi connectivity index (χ4v) is 1.40. The van der Waals surface area contributed by atoms with Crippen molar-refractivity contribution < 1.29 is 19.1 Å². The molecular formula is C20H34N6O4. The van der Waals surface area contributed by atoms with E-state index in [9.17, 15) is 9.59 Å². The lowest BCUT2D eigenvalue weighted by atomic mass is 10.0. The van der Waals surface area contributed by atoms with E-state index < -0.39 is 34.1 Å². The third kappa shape index (κ3) is 9.55. The van der Waals surface area contributed by atoms with Gasteiger partial charge in [-0.05, 0) is 54.4 Å². The molecule has 0 aliphatic heterocycles. The van der Waals surface area contributed by atoms with Crippen molar-refractivity contribution in [1.29, 1.82) is 10.5 Å². The van der Waals surface area contributed by atoms with Gasteiger partial charge in [0.05, 0.1) is 26.4 Å². The molecule has 0 spiro atoms. The van der Waals surface area contributed by atoms with Crippen LogP contribution in [-0.2, 0) is 19.1 Å². The number of rotatable bonds is 8. The van der Waals surface area contributed by atoms with E-state index >= 15 is 0 Å². The van der Waals surface area contributed by atoms with Crippen LogP contribution in [0.25, 0.3) is 0 Å². The van der Waals surface area contributed by atoms with Gasteiger partial charge in [-0.15, -0.1) is 0 Å². The van der Waals surface area contributed by atoms with Crippen molar-refractivity contribution >= 4 is 11.9 Å². The predicted octanol–water partition coefficient (Wildman–Crippen LogP) is 4.16. The highest BCUT2D eigenvalue weighted by atomic mass is 16.5. The molecule has 0 aliphatic carbocycles. The monoisotopic (exact) mass is 422 g/mol. The second-order valence-electron chi connectivity index (χ2n) is 7.98. The zero-order chi connectivity index (χ0) is 24.2. The highest BCUT2D eigenvalue weighted by Gasteiger charge is 2.33. The normalized spacial score (nSPS) is 15.7. The summed E-state index contributed by atoms with van der Waals surface area (Å²) in [6.45, 7) is 13.4. The number of hydrogen-bond donors (Lipinski definition) is 0. The molecule has 0 heterocycles. The number of esters is 2. The van der Waals surface area contributed by atoms with E-state index in [-0.39, 0.29) is 0 Å². The van der Waals surface area contributed by atoms with Crippen LogP contribution in [0.3, 0.4) is 0 Å². The van der Waals surface area contributed by atoms with Crippen LogP contribution in [0.5, 0.6) is 0 Å². The van der Waals surface area contributed by atoms with E-state index in [1.165, 1.54) is 14.2 Å². The molecule has 0 radical (unpaired) electrons. The average Bonchev–Trinajstić information content (AvgIpc) is 2.75. The number of ether oxygens (including phenoxy) is 2. The standard InChI is InChI=1S/C10H16N4.C10H18N2O4/c1-5-9(3,7-11)13-14-10(4,6-2)8-12;1-9(2,7(13)15-5)11-12-10(3,4)8(14)16-6/h5-6H2,1-4H3;1-6H3. The molecule has 10 heteroatoms. The van der Waals surface area contributed by atoms with Crippen LogP contribution in [0.2, 0.25) is 0 Å². The molecule has 0 rings (SSSR count). The minimum Gasteiger partial charge on any atom is -0.467 e. The van der Waals surface area contributed by atoms with Gasteiger partial charge in [0.15, 0.2) is 22.2 Å². The number of methoxy groups -OCH3 is 2. The summed E-state index contributed by atoms with van der Waals surface area (Å²) in [5.74, 6) is -1.03. The minimum atomic E-state index is -1.11. The van der Waals surface area contributed by atoms with Gasteiger partial charge in [-0.1, -0.05) is 13.8 Å². The number of carbonyl (C=O) groups excluding carboxylic acids is 2. The Morgan fingerprint density at radius 2 is 0.967 bits per heavy atom. The summed E-state index contributed by atoms with van der Waals surface area (Å²) in [5.41, 5.74) is -3.82. The lowest BCUT2D eigenvalue weighted by molar-refractivity contribution is -0.148. The van der Waals surface area contributed by atoms with E-state index in [0.717, 1.165) is 0 Å². The summed E-state index contributed by atoms with van der Waals surface area (Å²) in [6.07, 6.45) is 1.19. The quantitative estimate of drug-likeness (QED) is 0.423. The molecule has 2 atom stereocenters. The molecule has 168 valence electrons. The maximum absolute atomic E-state index is 11.3. The molecule has 0 bridgehead atoms. The molecule has 0 aromatic carbocycles. The summed E-state index contributed by atoms with van der Waals surface area (Å²) in [7, 11) is 2.54. The van der Waals surface area contributed by atoms with Gasteiger partial charge < -0.3 is 9.47 Å². The molecule has 0 amide bonds. The van der Waals surface area contributed by atoms with Crippen molar-refractivity contribution in [2.45, 2.75) is 90.4 Å². The van der Waals surface area contributed by atoms with Crippen LogP contribution in [0.4, 0.5) is 0 Å². The van der Waals surface area contributed by atoms with Crippen LogP contribution in [0, 0.1) is 22.7 Å². The van der Waals surface area contributed by atoms with Crippen LogP contribution >= 0.6 is 0 Å². The molecule has 0 aromatic rings. The van der Waals surface area contributed by atoms with Crippen molar-refractivity contribution in [3.05, 3.63) is 0 Å². The summed E-state index contributed by atoms with van der Waals surface area (Å²) in [4.78, 5) is 22.6. The Morgan fingerprint density at radius 1 is 0.700 bits per heavy atom. The third-order valence-corrected chi connectivity index (χ3v) is 4.27. The number of nitrogens with zero attached hydrogens (tertiary/aromatic N) is 6. The molecule has 0 saturated carbocycles. The molecule has 0 saturated heterocycles. The molecular weight excluding hydrogens is 388 g/mol. The largest absolute Gasteiger partial charge is 0.467 e. The summed E-state index contributed by atoms with van der Waals surface area (Å²) < 4.78 is 9.12. The number of nitriles is 2. The van der Waals surface area contributed by atoms with Gasteiger partial charge in [0.1, 0.15) is 0 Å². The van der Waals surface area contributed by atoms with Gasteiger partial charge in [0, 0.05) is 0 Å². The van der Waals surface area contributed by atoms with E-state index in [1.54, 1.807) is 41.5 Å². The van der Waals surface area contributed by atoms with E-state index in [1.807, 2.05) is 13.8 Å². The predicted molar refractivity (Wildman–Crippen MR) is 111 cm³/mol. The molecule has 0 N–H and O–H groups in total. The van der Waals surface area contributed by atoms with Crippen molar-refractivity contribution in [1.82, 2.24) is 0 Å². The van der Waals surface area contributed by atoms with Crippen LogP contribution in [-0.4, -0.2) is 48.3 Å². The van der Waals surface area contributed by atoms with Crippen LogP contribution < -0.4 is 0 Å². The zero-order valence-electron chi connectivity index (χ0n) is 19.7. The Balaban J connectivity index is 0. The molecule has 30 heavy (non-hydrogen) atoms. The van der Waals surface area contributed by atoms with Crippen LogP contribution in [0.15, 0.2) is 20.5 Å². The third-order valence-electron chi connectivity index (χ3n) is 4.27. The first-order valence-electron chi connectivity index (χ1n) is 9.50. The molecule has 0 aromatic heterocycles. The lowest BCUT2D eigenvalue weighted by Crippen LogP contribution is -2.34. The maximum Gasteiger partial charge on any atom is 0.335 e. The molecule has 10 nitrogen and oxygen atoms in total. The lowest BCUT2D eigenvalue weighted by Gasteiger charge is -2.19. The number of azo groups is 2. The van der Waals surface area contributed by atoms with Crippen molar-refractivity contribution in [2.75, 3.05) is 14.2 Å². The maximum atomic E-state index is 11.3. The number of carbonyl (C=O) groups is 2. The van der Waals surface area contributed by atoms with Gasteiger partial charge in [-0.3, -0.25) is 0 Å². The van der Waals surface area contributed by atoms with Gasteiger partial charge >= 0.3 is 11.9 Å². The van der Waals surface area contributed by atoms with Gasteiger partial charge in [0.2, 0.25) is 0 Å². The summed E-state index contributed by atoms with van der Waals surface area (Å²) >= 11 is 0. The first kappa shape index (κ1) is 29.3. The summed E-state index contributed by atoms with van der Waals surface area (Å²) in [5, 5.41) is 33.2. The highest BCUT2D eigenvalue weighted by Crippen LogP contribution is 2.20. The summed E-state index contributed by atoms with van der Waals surface area (Å²) in [6, 6.07) is 4.16. The van der Waals surface area contributed by atoms with Gasteiger partial charge in [-0.25, -0.2) is 9.59 Å². The van der Waals surface area contributed by atoms with E-state index in [4.69, 9.17) is 10.5 Å². The Kier molecular flexibility index (Phi) is 11.7. The van der Waals surface area contributed by atoms with Crippen molar-refractivity contribution in [3.63, 3.8) is 0 Å². The average molecular weight is 423 g/mol. The van der Waals surface area contributed by atoms with E-state index in [2.05, 4.69) is 42.1 Å². The second-order valence-corrected chi connectivity index (χ2v) is 7.98. The first-order chi connectivity index (χ1) is 13.6. The zero-order valence-corrected chi connectivity index (χ0v) is 19.7. The highest BCUT2D eigenvalue weighted by molar-refractivity contribution is 5.81. The van der Waals surface area contributed by atoms with Crippen molar-refractivity contribution in [3.8, 4) is 12.1 Å². The fourth-order valence-electron chi connectivity index (χ4n) is 1.40. The molecule has 2 unspecified atom stereocenters. The second kappa shape index (κ2) is 12.0. The molecule has 0 fully saturated rings. The smallest absolute Gasteiger partial charge is 0.335 e.